The summed E-state index contributed by atoms with van der Waals surface area (Å²) >= 11 is 5.12. The van der Waals surface area contributed by atoms with Gasteiger partial charge in [-0.25, -0.2) is 10.4 Å². The van der Waals surface area contributed by atoms with E-state index in [1.807, 2.05) is 41.8 Å². The summed E-state index contributed by atoms with van der Waals surface area (Å²) in [6.07, 6.45) is 8.79. The Bertz CT molecular complexity index is 1470. The highest BCUT2D eigenvalue weighted by Crippen LogP contribution is 2.36. The molecule has 4 aromatic rings. The second-order valence-electron chi connectivity index (χ2n) is 9.96. The molecule has 0 saturated carbocycles. The van der Waals surface area contributed by atoms with E-state index in [1.54, 1.807) is 25.5 Å². The molecular formula is C33H37BrN4O3S. The molecule has 0 fully saturated rings. The van der Waals surface area contributed by atoms with Crippen molar-refractivity contribution in [3.05, 3.63) is 87.2 Å². The number of thiazole rings is 1. The van der Waals surface area contributed by atoms with E-state index in [-0.39, 0.29) is 5.91 Å². The first-order valence-electron chi connectivity index (χ1n) is 14.2. The first-order chi connectivity index (χ1) is 20.5. The van der Waals surface area contributed by atoms with Crippen LogP contribution in [0.4, 0.5) is 10.8 Å². The van der Waals surface area contributed by atoms with Gasteiger partial charge in [0.25, 0.3) is 5.91 Å². The van der Waals surface area contributed by atoms with Crippen molar-refractivity contribution < 1.29 is 14.3 Å². The molecule has 9 heteroatoms. The number of hydrogen-bond donors (Lipinski definition) is 2. The molecule has 0 unspecified atom stereocenters. The summed E-state index contributed by atoms with van der Waals surface area (Å²) in [5.41, 5.74) is 7.84. The Hall–Kier alpha value is -3.69. The molecule has 0 aliphatic heterocycles. The monoisotopic (exact) mass is 648 g/mol. The molecule has 3 aromatic carbocycles. The summed E-state index contributed by atoms with van der Waals surface area (Å²) in [7, 11) is 1.61. The number of carbonyl (C=O) groups excluding carboxylic acids is 1. The van der Waals surface area contributed by atoms with E-state index in [1.165, 1.54) is 42.6 Å². The molecule has 7 nitrogen and oxygen atoms in total. The van der Waals surface area contributed by atoms with E-state index in [0.717, 1.165) is 45.0 Å². The standard InChI is InChI=1S/C33H37BrN4O3S/c1-4-5-6-7-8-9-18-41-31-28(34)19-24(20-30(31)40-3)21-35-38-32(39)26-14-12-25(13-15-26)29-22-42-33(37-29)36-27-16-10-23(2)11-17-27/h10-17,19-22H,4-9,18H2,1-3H3,(H,36,37)(H,38,39)/b35-21+. The van der Waals surface area contributed by atoms with Crippen molar-refractivity contribution in [3.8, 4) is 22.8 Å². The Morgan fingerprint density at radius 1 is 1.02 bits per heavy atom. The van der Waals surface area contributed by atoms with E-state index in [4.69, 9.17) is 9.47 Å². The zero-order valence-corrected chi connectivity index (χ0v) is 26.7. The predicted octanol–water partition coefficient (Wildman–Crippen LogP) is 9.14. The summed E-state index contributed by atoms with van der Waals surface area (Å²) in [6, 6.07) is 19.2. The van der Waals surface area contributed by atoms with Crippen LogP contribution in [-0.2, 0) is 0 Å². The highest BCUT2D eigenvalue weighted by Gasteiger charge is 2.12. The van der Waals surface area contributed by atoms with Crippen molar-refractivity contribution in [2.45, 2.75) is 52.4 Å². The van der Waals surface area contributed by atoms with E-state index in [2.05, 4.69) is 62.7 Å². The molecule has 0 spiro atoms. The topological polar surface area (TPSA) is 84.8 Å². The van der Waals surface area contributed by atoms with Crippen LogP contribution in [0, 0.1) is 6.92 Å². The maximum atomic E-state index is 12.7. The van der Waals surface area contributed by atoms with Crippen molar-refractivity contribution in [1.29, 1.82) is 0 Å². The maximum Gasteiger partial charge on any atom is 0.271 e. The van der Waals surface area contributed by atoms with E-state index in [0.29, 0.717) is 23.7 Å². The molecule has 220 valence electrons. The van der Waals surface area contributed by atoms with Gasteiger partial charge in [-0.05, 0) is 71.2 Å². The maximum absolute atomic E-state index is 12.7. The first kappa shape index (κ1) is 31.3. The van der Waals surface area contributed by atoms with Crippen molar-refractivity contribution in [2.24, 2.45) is 5.10 Å². The van der Waals surface area contributed by atoms with Crippen molar-refractivity contribution in [1.82, 2.24) is 10.4 Å². The molecule has 4 rings (SSSR count). The van der Waals surface area contributed by atoms with Gasteiger partial charge in [-0.15, -0.1) is 11.3 Å². The molecule has 0 radical (unpaired) electrons. The third-order valence-electron chi connectivity index (χ3n) is 6.63. The lowest BCUT2D eigenvalue weighted by Gasteiger charge is -2.13. The van der Waals surface area contributed by atoms with E-state index in [9.17, 15) is 4.79 Å². The van der Waals surface area contributed by atoms with Gasteiger partial charge in [-0.3, -0.25) is 4.79 Å². The fraction of sp³-hybridized carbons (Fsp3) is 0.303. The van der Waals surface area contributed by atoms with Gasteiger partial charge in [0.05, 0.1) is 30.1 Å². The fourth-order valence-corrected chi connectivity index (χ4v) is 5.57. The fourth-order valence-electron chi connectivity index (χ4n) is 4.26. The van der Waals surface area contributed by atoms with Crippen molar-refractivity contribution >= 4 is 50.2 Å². The van der Waals surface area contributed by atoms with Gasteiger partial charge >= 0.3 is 0 Å². The number of aryl methyl sites for hydroxylation is 1. The van der Waals surface area contributed by atoms with Gasteiger partial charge in [0.15, 0.2) is 16.6 Å². The number of hydrazone groups is 1. The smallest absolute Gasteiger partial charge is 0.271 e. The zero-order chi connectivity index (χ0) is 29.7. The number of unbranched alkanes of at least 4 members (excludes halogenated alkanes) is 5. The number of carbonyl (C=O) groups is 1. The highest BCUT2D eigenvalue weighted by atomic mass is 79.9. The van der Waals surface area contributed by atoms with Crippen LogP contribution in [0.25, 0.3) is 11.3 Å². The lowest BCUT2D eigenvalue weighted by Crippen LogP contribution is -2.17. The molecule has 0 atom stereocenters. The lowest BCUT2D eigenvalue weighted by molar-refractivity contribution is 0.0955. The number of nitrogens with one attached hydrogen (secondary N) is 2. The average molecular weight is 650 g/mol. The van der Waals surface area contributed by atoms with Crippen LogP contribution in [0.1, 0.15) is 66.9 Å². The summed E-state index contributed by atoms with van der Waals surface area (Å²) in [5.74, 6) is 0.978. The average Bonchev–Trinajstić information content (AvgIpc) is 3.47. The number of aromatic nitrogens is 1. The molecule has 0 aliphatic rings. The van der Waals surface area contributed by atoms with Gasteiger partial charge < -0.3 is 14.8 Å². The van der Waals surface area contributed by atoms with Crippen LogP contribution in [-0.4, -0.2) is 30.8 Å². The third kappa shape index (κ3) is 9.16. The minimum atomic E-state index is -0.303. The number of anilines is 2. The summed E-state index contributed by atoms with van der Waals surface area (Å²) in [4.78, 5) is 17.4. The van der Waals surface area contributed by atoms with Crippen LogP contribution in [0.5, 0.6) is 11.5 Å². The SMILES string of the molecule is CCCCCCCCOc1c(Br)cc(/C=N/NC(=O)c2ccc(-c3csc(Nc4ccc(C)cc4)n3)cc2)cc1OC. The Balaban J connectivity index is 1.29. The van der Waals surface area contributed by atoms with Crippen LogP contribution in [0.2, 0.25) is 0 Å². The van der Waals surface area contributed by atoms with Crippen LogP contribution in [0.15, 0.2) is 75.6 Å². The Morgan fingerprint density at radius 2 is 1.76 bits per heavy atom. The van der Waals surface area contributed by atoms with Gasteiger partial charge in [0.2, 0.25) is 0 Å². The van der Waals surface area contributed by atoms with Gasteiger partial charge in [-0.1, -0.05) is 68.9 Å². The molecule has 0 aliphatic carbocycles. The molecular weight excluding hydrogens is 612 g/mol. The number of benzene rings is 3. The number of halogens is 1. The summed E-state index contributed by atoms with van der Waals surface area (Å²) in [5, 5.41) is 10.3. The Labute approximate surface area is 260 Å². The van der Waals surface area contributed by atoms with Crippen LogP contribution >= 0.6 is 27.3 Å². The number of nitrogens with zero attached hydrogens (tertiary/aromatic N) is 2. The quantitative estimate of drug-likeness (QED) is 0.0763. The number of amides is 1. The third-order valence-corrected chi connectivity index (χ3v) is 7.97. The Morgan fingerprint density at radius 3 is 2.50 bits per heavy atom. The van der Waals surface area contributed by atoms with Crippen molar-refractivity contribution in [2.75, 3.05) is 19.0 Å². The second kappa shape index (κ2) is 16.1. The largest absolute Gasteiger partial charge is 0.493 e. The highest BCUT2D eigenvalue weighted by molar-refractivity contribution is 9.10. The van der Waals surface area contributed by atoms with Crippen molar-refractivity contribution in [3.63, 3.8) is 0 Å². The van der Waals surface area contributed by atoms with Gasteiger partial charge in [-0.2, -0.15) is 5.10 Å². The van der Waals surface area contributed by atoms with E-state index < -0.39 is 0 Å². The summed E-state index contributed by atoms with van der Waals surface area (Å²) in [6.45, 7) is 4.92. The zero-order valence-electron chi connectivity index (χ0n) is 24.3. The number of methoxy groups -OCH3 is 1. The molecule has 0 saturated heterocycles. The molecule has 1 amide bonds. The minimum absolute atomic E-state index is 0.303. The van der Waals surface area contributed by atoms with Crippen LogP contribution < -0.4 is 20.2 Å². The normalized spacial score (nSPS) is 11.0. The number of rotatable bonds is 15. The molecule has 0 bridgehead atoms. The second-order valence-corrected chi connectivity index (χ2v) is 11.7. The predicted molar refractivity (Wildman–Crippen MR) is 177 cm³/mol. The minimum Gasteiger partial charge on any atom is -0.493 e. The Kier molecular flexibility index (Phi) is 12.0. The summed E-state index contributed by atoms with van der Waals surface area (Å²) < 4.78 is 12.3. The molecule has 1 aromatic heterocycles. The van der Waals surface area contributed by atoms with Gasteiger partial charge in [0.1, 0.15) is 0 Å². The number of hydrogen-bond acceptors (Lipinski definition) is 7. The molecule has 1 heterocycles. The first-order valence-corrected chi connectivity index (χ1v) is 15.9. The number of ether oxygens (including phenoxy) is 2. The molecule has 2 N–H and O–H groups in total. The molecule has 42 heavy (non-hydrogen) atoms. The van der Waals surface area contributed by atoms with E-state index >= 15 is 0 Å². The van der Waals surface area contributed by atoms with Crippen LogP contribution in [0.3, 0.4) is 0 Å². The lowest BCUT2D eigenvalue weighted by atomic mass is 10.1. The van der Waals surface area contributed by atoms with Gasteiger partial charge in [0, 0.05) is 22.2 Å².